The number of nitrogens with zero attached hydrogens (tertiary/aromatic N) is 2. The third-order valence-corrected chi connectivity index (χ3v) is 3.27. The van der Waals surface area contributed by atoms with Gasteiger partial charge in [-0.25, -0.2) is 4.98 Å². The lowest BCUT2D eigenvalue weighted by atomic mass is 10.2. The summed E-state index contributed by atoms with van der Waals surface area (Å²) < 4.78 is 8.22. The highest BCUT2D eigenvalue weighted by molar-refractivity contribution is 9.10. The van der Waals surface area contributed by atoms with E-state index in [1.165, 1.54) is 0 Å². The van der Waals surface area contributed by atoms with Crippen molar-refractivity contribution < 1.29 is 4.74 Å². The van der Waals surface area contributed by atoms with E-state index in [1.54, 1.807) is 7.11 Å². The van der Waals surface area contributed by atoms with Gasteiger partial charge in [-0.1, -0.05) is 28.1 Å². The van der Waals surface area contributed by atoms with Crippen LogP contribution in [0.2, 0.25) is 0 Å². The van der Waals surface area contributed by atoms with E-state index in [9.17, 15) is 0 Å². The van der Waals surface area contributed by atoms with Gasteiger partial charge in [-0.15, -0.1) is 0 Å². The van der Waals surface area contributed by atoms with Crippen molar-refractivity contribution in [3.8, 4) is 17.0 Å². The van der Waals surface area contributed by atoms with Crippen LogP contribution in [0.1, 0.15) is 0 Å². The van der Waals surface area contributed by atoms with Crippen molar-refractivity contribution in [2.75, 3.05) is 7.11 Å². The molecule has 3 aromatic rings. The number of hydrogen-bond acceptors (Lipinski definition) is 2. The number of aromatic nitrogens is 2. The van der Waals surface area contributed by atoms with Gasteiger partial charge in [0, 0.05) is 16.2 Å². The van der Waals surface area contributed by atoms with Crippen LogP contribution in [0.3, 0.4) is 0 Å². The molecule has 1 aromatic carbocycles. The van der Waals surface area contributed by atoms with Crippen LogP contribution in [-0.2, 0) is 0 Å². The van der Waals surface area contributed by atoms with Crippen molar-refractivity contribution in [3.63, 3.8) is 0 Å². The largest absolute Gasteiger partial charge is 0.495 e. The van der Waals surface area contributed by atoms with Crippen molar-refractivity contribution in [2.45, 2.75) is 0 Å². The Labute approximate surface area is 113 Å². The SMILES string of the molecule is COc1ccc2nc(-c3cccc(Br)c3)cn2c1. The number of benzene rings is 1. The van der Waals surface area contributed by atoms with Crippen LogP contribution in [0, 0.1) is 0 Å². The molecule has 0 fully saturated rings. The minimum atomic E-state index is 0.820. The molecule has 0 atom stereocenters. The van der Waals surface area contributed by atoms with Crippen LogP contribution < -0.4 is 4.74 Å². The topological polar surface area (TPSA) is 26.5 Å². The lowest BCUT2D eigenvalue weighted by molar-refractivity contribution is 0.412. The number of hydrogen-bond donors (Lipinski definition) is 0. The van der Waals surface area contributed by atoms with Crippen LogP contribution in [0.5, 0.6) is 5.75 Å². The molecule has 4 heteroatoms. The van der Waals surface area contributed by atoms with Crippen molar-refractivity contribution in [1.82, 2.24) is 9.38 Å². The van der Waals surface area contributed by atoms with Gasteiger partial charge in [0.15, 0.2) is 0 Å². The van der Waals surface area contributed by atoms with E-state index in [2.05, 4.69) is 27.0 Å². The number of halogens is 1. The highest BCUT2D eigenvalue weighted by Crippen LogP contribution is 2.23. The first-order valence-electron chi connectivity index (χ1n) is 5.55. The monoisotopic (exact) mass is 302 g/mol. The Hall–Kier alpha value is -1.81. The summed E-state index contributed by atoms with van der Waals surface area (Å²) in [6.07, 6.45) is 3.92. The second kappa shape index (κ2) is 4.46. The molecule has 2 aromatic heterocycles. The Balaban J connectivity index is 2.13. The average molecular weight is 303 g/mol. The minimum Gasteiger partial charge on any atom is -0.495 e. The summed E-state index contributed by atoms with van der Waals surface area (Å²) in [4.78, 5) is 4.59. The molecule has 0 aliphatic heterocycles. The van der Waals surface area contributed by atoms with Crippen LogP contribution in [0.4, 0.5) is 0 Å². The standard InChI is InChI=1S/C14H11BrN2O/c1-18-12-5-6-14-16-13(9-17(14)8-12)10-3-2-4-11(15)7-10/h2-9H,1H3. The first kappa shape index (κ1) is 11.3. The van der Waals surface area contributed by atoms with Gasteiger partial charge in [0.2, 0.25) is 0 Å². The lowest BCUT2D eigenvalue weighted by Crippen LogP contribution is -1.86. The highest BCUT2D eigenvalue weighted by Gasteiger charge is 2.05. The van der Waals surface area contributed by atoms with E-state index in [-0.39, 0.29) is 0 Å². The van der Waals surface area contributed by atoms with Gasteiger partial charge < -0.3 is 9.14 Å². The molecule has 0 unspecified atom stereocenters. The van der Waals surface area contributed by atoms with Crippen molar-refractivity contribution in [2.24, 2.45) is 0 Å². The van der Waals surface area contributed by atoms with Crippen LogP contribution in [0.15, 0.2) is 53.3 Å². The molecule has 0 radical (unpaired) electrons. The summed E-state index contributed by atoms with van der Waals surface area (Å²) in [5.74, 6) is 0.820. The smallest absolute Gasteiger partial charge is 0.137 e. The number of rotatable bonds is 2. The van der Waals surface area contributed by atoms with E-state index in [0.29, 0.717) is 0 Å². The van der Waals surface area contributed by atoms with Crippen molar-refractivity contribution in [1.29, 1.82) is 0 Å². The molecule has 0 saturated carbocycles. The fourth-order valence-electron chi connectivity index (χ4n) is 1.88. The predicted octanol–water partition coefficient (Wildman–Crippen LogP) is 3.77. The molecule has 0 N–H and O–H groups in total. The molecular weight excluding hydrogens is 292 g/mol. The summed E-state index contributed by atoms with van der Waals surface area (Å²) in [7, 11) is 1.66. The third kappa shape index (κ3) is 1.99. The zero-order valence-corrected chi connectivity index (χ0v) is 11.4. The van der Waals surface area contributed by atoms with Crippen molar-refractivity contribution in [3.05, 3.63) is 53.3 Å². The first-order valence-corrected chi connectivity index (χ1v) is 6.34. The summed E-state index contributed by atoms with van der Waals surface area (Å²) in [6, 6.07) is 12.0. The third-order valence-electron chi connectivity index (χ3n) is 2.78. The van der Waals surface area contributed by atoms with Crippen LogP contribution >= 0.6 is 15.9 Å². The first-order chi connectivity index (χ1) is 8.76. The summed E-state index contributed by atoms with van der Waals surface area (Å²) in [6.45, 7) is 0. The molecule has 2 heterocycles. The fourth-order valence-corrected chi connectivity index (χ4v) is 2.28. The molecule has 0 amide bonds. The van der Waals surface area contributed by atoms with Crippen LogP contribution in [0.25, 0.3) is 16.9 Å². The Kier molecular flexibility index (Phi) is 2.80. The lowest BCUT2D eigenvalue weighted by Gasteiger charge is -1.98. The molecule has 0 aliphatic carbocycles. The maximum absolute atomic E-state index is 5.20. The molecule has 0 spiro atoms. The molecule has 3 rings (SSSR count). The van der Waals surface area contributed by atoms with Gasteiger partial charge in [-0.3, -0.25) is 0 Å². The van der Waals surface area contributed by atoms with E-state index in [4.69, 9.17) is 4.74 Å². The van der Waals surface area contributed by atoms with Gasteiger partial charge in [0.25, 0.3) is 0 Å². The normalized spacial score (nSPS) is 10.8. The van der Waals surface area contributed by atoms with E-state index in [0.717, 1.165) is 27.1 Å². The molecule has 90 valence electrons. The number of fused-ring (bicyclic) bond motifs is 1. The number of imidazole rings is 1. The van der Waals surface area contributed by atoms with E-state index in [1.807, 2.05) is 47.1 Å². The van der Waals surface area contributed by atoms with Gasteiger partial charge in [-0.2, -0.15) is 0 Å². The molecule has 3 nitrogen and oxygen atoms in total. The van der Waals surface area contributed by atoms with E-state index >= 15 is 0 Å². The zero-order chi connectivity index (χ0) is 12.5. The minimum absolute atomic E-state index is 0.820. The van der Waals surface area contributed by atoms with Crippen molar-refractivity contribution >= 4 is 21.6 Å². The predicted molar refractivity (Wildman–Crippen MR) is 74.9 cm³/mol. The van der Waals surface area contributed by atoms with Gasteiger partial charge in [0.1, 0.15) is 11.4 Å². The van der Waals surface area contributed by atoms with Crippen LogP contribution in [-0.4, -0.2) is 16.5 Å². The molecule has 0 saturated heterocycles. The second-order valence-corrected chi connectivity index (χ2v) is 4.89. The number of ether oxygens (including phenoxy) is 1. The maximum atomic E-state index is 5.20. The highest BCUT2D eigenvalue weighted by atomic mass is 79.9. The number of methoxy groups -OCH3 is 1. The zero-order valence-electron chi connectivity index (χ0n) is 9.80. The van der Waals surface area contributed by atoms with Gasteiger partial charge >= 0.3 is 0 Å². The Morgan fingerprint density at radius 2 is 2.06 bits per heavy atom. The quantitative estimate of drug-likeness (QED) is 0.720. The number of pyridine rings is 1. The summed E-state index contributed by atoms with van der Waals surface area (Å²) in [5.41, 5.74) is 2.95. The summed E-state index contributed by atoms with van der Waals surface area (Å²) in [5, 5.41) is 0. The summed E-state index contributed by atoms with van der Waals surface area (Å²) >= 11 is 3.47. The molecule has 0 bridgehead atoms. The second-order valence-electron chi connectivity index (χ2n) is 3.97. The Bertz CT molecular complexity index is 706. The maximum Gasteiger partial charge on any atom is 0.137 e. The molecular formula is C14H11BrN2O. The fraction of sp³-hybridized carbons (Fsp3) is 0.0714. The Morgan fingerprint density at radius 3 is 2.83 bits per heavy atom. The Morgan fingerprint density at radius 1 is 1.17 bits per heavy atom. The molecule has 0 aliphatic rings. The van der Waals surface area contributed by atoms with Gasteiger partial charge in [0.05, 0.1) is 19.0 Å². The van der Waals surface area contributed by atoms with Gasteiger partial charge in [-0.05, 0) is 24.3 Å². The van der Waals surface area contributed by atoms with E-state index < -0.39 is 0 Å². The molecule has 18 heavy (non-hydrogen) atoms. The average Bonchev–Trinajstić information content (AvgIpc) is 2.81.